The van der Waals surface area contributed by atoms with E-state index in [0.717, 1.165) is 93.7 Å². The molecule has 0 saturated heterocycles. The Morgan fingerprint density at radius 2 is 1.19 bits per heavy atom. The minimum absolute atomic E-state index is 0.850. The third-order valence-corrected chi connectivity index (χ3v) is 9.25. The van der Waals surface area contributed by atoms with E-state index in [4.69, 9.17) is 14.4 Å². The number of para-hydroxylation sites is 2. The second-order valence-electron chi connectivity index (χ2n) is 12.0. The number of rotatable bonds is 3. The van der Waals surface area contributed by atoms with Crippen LogP contribution < -0.4 is 0 Å². The average Bonchev–Trinajstić information content (AvgIpc) is 3.52. The Kier molecular flexibility index (Phi) is 5.54. The third kappa shape index (κ3) is 3.98. The summed E-state index contributed by atoms with van der Waals surface area (Å²) in [6, 6.07) is 50.6. The molecule has 4 aromatic heterocycles. The molecule has 0 aliphatic heterocycles. The van der Waals surface area contributed by atoms with E-state index in [0.29, 0.717) is 0 Å². The first kappa shape index (κ1) is 25.9. The lowest BCUT2D eigenvalue weighted by atomic mass is 9.89. The Morgan fingerprint density at radius 1 is 0.447 bits per heavy atom. The van der Waals surface area contributed by atoms with Crippen LogP contribution in [0.25, 0.3) is 99.1 Å². The molecule has 0 atom stereocenters. The van der Waals surface area contributed by atoms with Crippen LogP contribution >= 0.6 is 0 Å². The molecular weight excluding hydrogens is 574 g/mol. The fourth-order valence-electron chi connectivity index (χ4n) is 7.14. The van der Waals surface area contributed by atoms with Gasteiger partial charge in [0.2, 0.25) is 0 Å². The van der Waals surface area contributed by atoms with E-state index in [9.17, 15) is 0 Å². The van der Waals surface area contributed by atoms with Gasteiger partial charge < -0.3 is 4.42 Å². The highest BCUT2D eigenvalue weighted by molar-refractivity contribution is 6.27. The number of hydrogen-bond donors (Lipinski definition) is 0. The van der Waals surface area contributed by atoms with Gasteiger partial charge in [0.25, 0.3) is 0 Å². The van der Waals surface area contributed by atoms with Gasteiger partial charge in [-0.1, -0.05) is 109 Å². The van der Waals surface area contributed by atoms with Gasteiger partial charge in [-0.2, -0.15) is 0 Å². The van der Waals surface area contributed by atoms with Crippen LogP contribution in [0.4, 0.5) is 0 Å². The molecule has 4 nitrogen and oxygen atoms in total. The first-order chi connectivity index (χ1) is 23.3. The van der Waals surface area contributed by atoms with Gasteiger partial charge in [-0.3, -0.25) is 4.98 Å². The molecule has 0 bridgehead atoms. The van der Waals surface area contributed by atoms with E-state index >= 15 is 0 Å². The quantitative estimate of drug-likeness (QED) is 0.190. The van der Waals surface area contributed by atoms with Gasteiger partial charge in [0.15, 0.2) is 0 Å². The molecule has 10 rings (SSSR count). The van der Waals surface area contributed by atoms with Gasteiger partial charge in [-0.25, -0.2) is 9.97 Å². The number of pyridine rings is 3. The number of furan rings is 1. The summed E-state index contributed by atoms with van der Waals surface area (Å²) in [5.74, 6) is 0. The molecule has 0 aliphatic rings. The highest BCUT2D eigenvalue weighted by Gasteiger charge is 2.21. The van der Waals surface area contributed by atoms with Gasteiger partial charge in [-0.05, 0) is 42.0 Å². The van der Waals surface area contributed by atoms with Gasteiger partial charge in [0, 0.05) is 60.6 Å². The number of fused-ring (bicyclic) bond motifs is 9. The van der Waals surface area contributed by atoms with Crippen molar-refractivity contribution in [3.63, 3.8) is 0 Å². The van der Waals surface area contributed by atoms with Crippen LogP contribution in [0.2, 0.25) is 0 Å². The summed E-state index contributed by atoms with van der Waals surface area (Å²) in [4.78, 5) is 15.1. The summed E-state index contributed by atoms with van der Waals surface area (Å²) in [5, 5.41) is 7.71. The second-order valence-corrected chi connectivity index (χ2v) is 12.0. The smallest absolute Gasteiger partial charge is 0.136 e. The monoisotopic (exact) mass is 599 g/mol. The van der Waals surface area contributed by atoms with Crippen LogP contribution in [0.15, 0.2) is 156 Å². The summed E-state index contributed by atoms with van der Waals surface area (Å²) in [6.07, 6.45) is 1.83. The molecule has 4 heterocycles. The van der Waals surface area contributed by atoms with E-state index in [1.165, 1.54) is 5.39 Å². The maximum absolute atomic E-state index is 6.55. The van der Waals surface area contributed by atoms with Crippen molar-refractivity contribution < 1.29 is 4.42 Å². The van der Waals surface area contributed by atoms with Crippen LogP contribution in [-0.2, 0) is 0 Å². The number of aromatic nitrogens is 3. The summed E-state index contributed by atoms with van der Waals surface area (Å²) < 4.78 is 6.55. The summed E-state index contributed by atoms with van der Waals surface area (Å²) >= 11 is 0. The van der Waals surface area contributed by atoms with Crippen LogP contribution in [-0.4, -0.2) is 15.0 Å². The molecule has 47 heavy (non-hydrogen) atoms. The van der Waals surface area contributed by atoms with Gasteiger partial charge in [0.05, 0.1) is 27.9 Å². The minimum Gasteiger partial charge on any atom is -0.456 e. The van der Waals surface area contributed by atoms with Crippen LogP contribution in [0.5, 0.6) is 0 Å². The molecule has 0 radical (unpaired) electrons. The molecular formula is C43H25N3O. The zero-order valence-electron chi connectivity index (χ0n) is 25.2. The molecule has 0 aliphatic carbocycles. The number of nitrogens with zero attached hydrogens (tertiary/aromatic N) is 3. The Bertz CT molecular complexity index is 2850. The molecule has 0 unspecified atom stereocenters. The standard InChI is InChI=1S/C43H25N3O/c1-2-10-26(11-3-1)38-39-31-15-4-6-17-35(31)46-41(33(39)25-37-40(38)32-16-5-7-18-36(32)47-37)30-13-8-12-29(24-30)34-22-21-28-20-19-27-14-9-23-44-42(27)43(28)45-34/h1-25H. The van der Waals surface area contributed by atoms with Crippen molar-refractivity contribution in [3.05, 3.63) is 152 Å². The topological polar surface area (TPSA) is 51.8 Å². The van der Waals surface area contributed by atoms with Crippen molar-refractivity contribution in [2.45, 2.75) is 0 Å². The third-order valence-electron chi connectivity index (χ3n) is 9.25. The lowest BCUT2D eigenvalue weighted by molar-refractivity contribution is 0.669. The minimum atomic E-state index is 0.850. The lowest BCUT2D eigenvalue weighted by Gasteiger charge is -2.16. The average molecular weight is 600 g/mol. The van der Waals surface area contributed by atoms with Crippen LogP contribution in [0, 0.1) is 0 Å². The van der Waals surface area contributed by atoms with Crippen molar-refractivity contribution >= 4 is 65.4 Å². The number of hydrogen-bond acceptors (Lipinski definition) is 4. The second kappa shape index (κ2) is 10.1. The van der Waals surface area contributed by atoms with E-state index in [1.54, 1.807) is 0 Å². The molecule has 0 amide bonds. The van der Waals surface area contributed by atoms with Crippen LogP contribution in [0.1, 0.15) is 0 Å². The molecule has 4 heteroatoms. The predicted molar refractivity (Wildman–Crippen MR) is 193 cm³/mol. The zero-order chi connectivity index (χ0) is 30.9. The van der Waals surface area contributed by atoms with Gasteiger partial charge in [-0.15, -0.1) is 0 Å². The number of benzene rings is 6. The first-order valence-electron chi connectivity index (χ1n) is 15.8. The SMILES string of the molecule is c1ccc(-c2c3c(cc4c(-c5cccc(-c6ccc7ccc8cccnc8c7n6)c5)nc5ccccc5c24)oc2ccccc23)cc1. The fourth-order valence-corrected chi connectivity index (χ4v) is 7.14. The van der Waals surface area contributed by atoms with Crippen molar-refractivity contribution in [2.24, 2.45) is 0 Å². The summed E-state index contributed by atoms with van der Waals surface area (Å²) in [5.41, 5.74) is 10.6. The molecule has 10 aromatic rings. The first-order valence-corrected chi connectivity index (χ1v) is 15.8. The summed E-state index contributed by atoms with van der Waals surface area (Å²) in [7, 11) is 0. The Labute approximate surface area is 269 Å². The maximum atomic E-state index is 6.55. The lowest BCUT2D eigenvalue weighted by Crippen LogP contribution is -1.94. The highest BCUT2D eigenvalue weighted by atomic mass is 16.3. The van der Waals surface area contributed by atoms with Gasteiger partial charge in [0.1, 0.15) is 11.2 Å². The van der Waals surface area contributed by atoms with E-state index in [1.807, 2.05) is 24.4 Å². The van der Waals surface area contributed by atoms with E-state index in [-0.39, 0.29) is 0 Å². The Morgan fingerprint density at radius 3 is 2.11 bits per heavy atom. The van der Waals surface area contributed by atoms with E-state index in [2.05, 4.69) is 132 Å². The summed E-state index contributed by atoms with van der Waals surface area (Å²) in [6.45, 7) is 0. The van der Waals surface area contributed by atoms with Crippen molar-refractivity contribution in [1.82, 2.24) is 15.0 Å². The van der Waals surface area contributed by atoms with Crippen molar-refractivity contribution in [3.8, 4) is 33.6 Å². The molecule has 0 spiro atoms. The molecule has 0 fully saturated rings. The normalized spacial score (nSPS) is 11.8. The molecule has 0 N–H and O–H groups in total. The van der Waals surface area contributed by atoms with Gasteiger partial charge >= 0.3 is 0 Å². The van der Waals surface area contributed by atoms with Crippen molar-refractivity contribution in [1.29, 1.82) is 0 Å². The largest absolute Gasteiger partial charge is 0.456 e. The van der Waals surface area contributed by atoms with Crippen LogP contribution in [0.3, 0.4) is 0 Å². The maximum Gasteiger partial charge on any atom is 0.136 e. The molecule has 0 saturated carbocycles. The highest BCUT2D eigenvalue weighted by Crippen LogP contribution is 2.46. The predicted octanol–water partition coefficient (Wildman–Crippen LogP) is 11.4. The fraction of sp³-hybridized carbons (Fsp3) is 0. The van der Waals surface area contributed by atoms with Crippen molar-refractivity contribution in [2.75, 3.05) is 0 Å². The zero-order valence-corrected chi connectivity index (χ0v) is 25.2. The molecule has 6 aromatic carbocycles. The Balaban J connectivity index is 1.28. The van der Waals surface area contributed by atoms with E-state index < -0.39 is 0 Å². The molecule has 218 valence electrons. The Hall–Kier alpha value is -6.39.